The van der Waals surface area contributed by atoms with Crippen molar-refractivity contribution >= 4 is 22.9 Å². The first kappa shape index (κ1) is 9.46. The van der Waals surface area contributed by atoms with E-state index >= 15 is 0 Å². The molecule has 0 fully saturated rings. The summed E-state index contributed by atoms with van der Waals surface area (Å²) in [4.78, 5) is 0. The molecular weight excluding hydrogens is 196 g/mol. The zero-order chi connectivity index (χ0) is 11.0. The summed E-state index contributed by atoms with van der Waals surface area (Å²) in [6.07, 6.45) is 6.84. The van der Waals surface area contributed by atoms with Gasteiger partial charge in [0.15, 0.2) is 0 Å². The molecule has 1 heteroatoms. The number of benzene rings is 2. The molecule has 0 N–H and O–H groups in total. The standard InChI is InChI=1S/C15H14O/c1-16-15-10-11-6-2-3-7-12(11)13-8-4-5-9-14(13)15/h2-3,6-10H,4-5H2,1H3. The second-order valence-corrected chi connectivity index (χ2v) is 4.11. The summed E-state index contributed by atoms with van der Waals surface area (Å²) in [5, 5.41) is 5.17. The van der Waals surface area contributed by atoms with Gasteiger partial charge in [-0.25, -0.2) is 0 Å². The van der Waals surface area contributed by atoms with Crippen LogP contribution in [0, 0.1) is 0 Å². The summed E-state index contributed by atoms with van der Waals surface area (Å²) < 4.78 is 5.47. The number of fused-ring (bicyclic) bond motifs is 3. The van der Waals surface area contributed by atoms with Crippen LogP contribution < -0.4 is 15.2 Å². The molecule has 0 unspecified atom stereocenters. The molecule has 0 spiro atoms. The highest BCUT2D eigenvalue weighted by atomic mass is 16.5. The van der Waals surface area contributed by atoms with Crippen LogP contribution >= 0.6 is 0 Å². The molecule has 0 radical (unpaired) electrons. The Hall–Kier alpha value is -1.76. The molecule has 0 aromatic heterocycles. The number of rotatable bonds is 1. The van der Waals surface area contributed by atoms with Crippen molar-refractivity contribution in [2.75, 3.05) is 7.11 Å². The lowest BCUT2D eigenvalue weighted by Crippen LogP contribution is -2.29. The van der Waals surface area contributed by atoms with Gasteiger partial charge in [0.25, 0.3) is 0 Å². The lowest BCUT2D eigenvalue weighted by atomic mass is 10.0. The fraction of sp³-hybridized carbons (Fsp3) is 0.200. The highest BCUT2D eigenvalue weighted by Gasteiger charge is 2.05. The largest absolute Gasteiger partial charge is 0.496 e. The fourth-order valence-electron chi connectivity index (χ4n) is 2.42. The van der Waals surface area contributed by atoms with Gasteiger partial charge in [0.05, 0.1) is 7.11 Å². The SMILES string of the molecule is COc1cc2ccccc2c2c1=CCCC=2. The topological polar surface area (TPSA) is 9.23 Å². The molecule has 1 nitrogen and oxygen atoms in total. The van der Waals surface area contributed by atoms with Gasteiger partial charge in [0.1, 0.15) is 5.75 Å². The zero-order valence-electron chi connectivity index (χ0n) is 9.36. The predicted octanol–water partition coefficient (Wildman–Crippen LogP) is 2.20. The second-order valence-electron chi connectivity index (χ2n) is 4.11. The van der Waals surface area contributed by atoms with Crippen LogP contribution in [0.15, 0.2) is 30.3 Å². The maximum Gasteiger partial charge on any atom is 0.126 e. The van der Waals surface area contributed by atoms with Crippen LogP contribution in [0.1, 0.15) is 12.8 Å². The minimum absolute atomic E-state index is 0.990. The zero-order valence-corrected chi connectivity index (χ0v) is 9.36. The van der Waals surface area contributed by atoms with Crippen LogP contribution in [0.25, 0.3) is 22.9 Å². The van der Waals surface area contributed by atoms with Crippen molar-refractivity contribution in [2.45, 2.75) is 12.8 Å². The lowest BCUT2D eigenvalue weighted by Gasteiger charge is -2.09. The van der Waals surface area contributed by atoms with Crippen molar-refractivity contribution in [1.29, 1.82) is 0 Å². The van der Waals surface area contributed by atoms with Crippen molar-refractivity contribution in [3.8, 4) is 5.75 Å². The van der Waals surface area contributed by atoms with E-state index in [2.05, 4.69) is 42.5 Å². The summed E-state index contributed by atoms with van der Waals surface area (Å²) in [6.45, 7) is 0. The molecule has 0 bridgehead atoms. The van der Waals surface area contributed by atoms with Gasteiger partial charge in [-0.3, -0.25) is 0 Å². The normalized spacial score (nSPS) is 13.8. The van der Waals surface area contributed by atoms with Crippen LogP contribution in [-0.4, -0.2) is 7.11 Å². The van der Waals surface area contributed by atoms with Gasteiger partial charge in [0.2, 0.25) is 0 Å². The molecule has 1 aliphatic rings. The highest BCUT2D eigenvalue weighted by molar-refractivity contribution is 5.85. The van der Waals surface area contributed by atoms with Crippen LogP contribution in [0.3, 0.4) is 0 Å². The molecule has 0 heterocycles. The van der Waals surface area contributed by atoms with Gasteiger partial charge in [-0.1, -0.05) is 36.4 Å². The predicted molar refractivity (Wildman–Crippen MR) is 67.9 cm³/mol. The third-order valence-electron chi connectivity index (χ3n) is 3.18. The van der Waals surface area contributed by atoms with E-state index in [1.54, 1.807) is 7.11 Å². The average molecular weight is 210 g/mol. The Morgan fingerprint density at radius 2 is 1.75 bits per heavy atom. The Bertz CT molecular complexity index is 653. The summed E-state index contributed by atoms with van der Waals surface area (Å²) in [7, 11) is 1.74. The van der Waals surface area contributed by atoms with E-state index in [1.165, 1.54) is 21.2 Å². The van der Waals surface area contributed by atoms with E-state index < -0.39 is 0 Å². The van der Waals surface area contributed by atoms with Crippen molar-refractivity contribution in [3.05, 3.63) is 40.8 Å². The molecule has 3 rings (SSSR count). The van der Waals surface area contributed by atoms with Crippen LogP contribution in [0.2, 0.25) is 0 Å². The summed E-state index contributed by atoms with van der Waals surface area (Å²) >= 11 is 0. The Morgan fingerprint density at radius 3 is 2.56 bits per heavy atom. The molecule has 80 valence electrons. The van der Waals surface area contributed by atoms with Crippen LogP contribution in [-0.2, 0) is 0 Å². The first-order chi connectivity index (χ1) is 7.90. The molecule has 0 saturated heterocycles. The van der Waals surface area contributed by atoms with Gasteiger partial charge in [-0.2, -0.15) is 0 Å². The minimum Gasteiger partial charge on any atom is -0.496 e. The van der Waals surface area contributed by atoms with E-state index in [4.69, 9.17) is 4.74 Å². The summed E-state index contributed by atoms with van der Waals surface area (Å²) in [5.74, 6) is 0.990. The molecule has 2 aromatic rings. The maximum atomic E-state index is 5.47. The number of ether oxygens (including phenoxy) is 1. The van der Waals surface area contributed by atoms with Gasteiger partial charge in [-0.15, -0.1) is 0 Å². The highest BCUT2D eigenvalue weighted by Crippen LogP contribution is 2.15. The second kappa shape index (κ2) is 3.67. The average Bonchev–Trinajstić information content (AvgIpc) is 2.38. The third-order valence-corrected chi connectivity index (χ3v) is 3.18. The third kappa shape index (κ3) is 1.32. The summed E-state index contributed by atoms with van der Waals surface area (Å²) in [5.41, 5.74) is 0. The molecule has 16 heavy (non-hydrogen) atoms. The van der Waals surface area contributed by atoms with E-state index in [-0.39, 0.29) is 0 Å². The molecular formula is C15H14O. The van der Waals surface area contributed by atoms with E-state index in [0.29, 0.717) is 0 Å². The van der Waals surface area contributed by atoms with E-state index in [9.17, 15) is 0 Å². The molecule has 1 aliphatic carbocycles. The summed E-state index contributed by atoms with van der Waals surface area (Å²) in [6, 6.07) is 10.6. The lowest BCUT2D eigenvalue weighted by molar-refractivity contribution is 0.411. The Kier molecular flexibility index (Phi) is 2.17. The first-order valence-electron chi connectivity index (χ1n) is 5.66. The van der Waals surface area contributed by atoms with Gasteiger partial charge >= 0.3 is 0 Å². The first-order valence-corrected chi connectivity index (χ1v) is 5.66. The van der Waals surface area contributed by atoms with E-state index in [0.717, 1.165) is 18.6 Å². The number of hydrogen-bond donors (Lipinski definition) is 0. The molecule has 0 aliphatic heterocycles. The Balaban J connectivity index is 2.56. The molecule has 0 amide bonds. The monoisotopic (exact) mass is 210 g/mol. The minimum atomic E-state index is 0.990. The number of methoxy groups -OCH3 is 1. The van der Waals surface area contributed by atoms with Gasteiger partial charge in [0, 0.05) is 5.22 Å². The Labute approximate surface area is 94.7 Å². The van der Waals surface area contributed by atoms with Crippen molar-refractivity contribution in [3.63, 3.8) is 0 Å². The smallest absolute Gasteiger partial charge is 0.126 e. The maximum absolute atomic E-state index is 5.47. The quantitative estimate of drug-likeness (QED) is 0.701. The molecule has 0 atom stereocenters. The molecule has 0 saturated carbocycles. The molecule has 2 aromatic carbocycles. The Morgan fingerprint density at radius 1 is 1.00 bits per heavy atom. The van der Waals surface area contributed by atoms with E-state index in [1.807, 2.05) is 0 Å². The van der Waals surface area contributed by atoms with Crippen molar-refractivity contribution in [1.82, 2.24) is 0 Å². The van der Waals surface area contributed by atoms with Crippen molar-refractivity contribution < 1.29 is 4.74 Å². The van der Waals surface area contributed by atoms with Gasteiger partial charge < -0.3 is 4.74 Å². The van der Waals surface area contributed by atoms with Crippen LogP contribution in [0.4, 0.5) is 0 Å². The fourth-order valence-corrected chi connectivity index (χ4v) is 2.42. The number of hydrogen-bond acceptors (Lipinski definition) is 1. The van der Waals surface area contributed by atoms with Crippen LogP contribution in [0.5, 0.6) is 5.75 Å². The van der Waals surface area contributed by atoms with Gasteiger partial charge in [-0.05, 0) is 34.9 Å². The van der Waals surface area contributed by atoms with Crippen molar-refractivity contribution in [2.24, 2.45) is 0 Å².